The Morgan fingerprint density at radius 3 is 2.40 bits per heavy atom. The van der Waals surface area contributed by atoms with Gasteiger partial charge in [0.05, 0.1) is 23.7 Å². The fourth-order valence-electron chi connectivity index (χ4n) is 1.48. The highest BCUT2D eigenvalue weighted by Crippen LogP contribution is 2.27. The van der Waals surface area contributed by atoms with Crippen molar-refractivity contribution in [1.29, 1.82) is 0 Å². The number of ether oxygens (including phenoxy) is 1. The summed E-state index contributed by atoms with van der Waals surface area (Å²) in [6.45, 7) is 3.62. The van der Waals surface area contributed by atoms with E-state index in [2.05, 4.69) is 5.32 Å². The standard InChI is InChI=1S/C12H19N3O4S/c1-7(2)11(13)12(16)15-9-6-8(20(14,17)18)4-5-10(9)19-3/h4-7,11H,13H2,1-3H3,(H,15,16)(H2,14,17,18)/t11-/m0/s1. The number of nitrogens with one attached hydrogen (secondary N) is 1. The fourth-order valence-corrected chi connectivity index (χ4v) is 2.02. The number of hydrogen-bond donors (Lipinski definition) is 3. The average Bonchev–Trinajstić information content (AvgIpc) is 2.36. The molecule has 0 aliphatic rings. The van der Waals surface area contributed by atoms with Crippen LogP contribution < -0.4 is 20.9 Å². The monoisotopic (exact) mass is 301 g/mol. The van der Waals surface area contributed by atoms with Crippen molar-refractivity contribution >= 4 is 21.6 Å². The maximum atomic E-state index is 11.9. The summed E-state index contributed by atoms with van der Waals surface area (Å²) in [5, 5.41) is 7.60. The number of anilines is 1. The van der Waals surface area contributed by atoms with Crippen molar-refractivity contribution in [1.82, 2.24) is 0 Å². The minimum Gasteiger partial charge on any atom is -0.495 e. The molecule has 0 saturated carbocycles. The summed E-state index contributed by atoms with van der Waals surface area (Å²) in [4.78, 5) is 11.8. The molecule has 1 amide bonds. The van der Waals surface area contributed by atoms with Crippen molar-refractivity contribution in [2.45, 2.75) is 24.8 Å². The largest absolute Gasteiger partial charge is 0.495 e. The van der Waals surface area contributed by atoms with Crippen LogP contribution in [0.15, 0.2) is 23.1 Å². The summed E-state index contributed by atoms with van der Waals surface area (Å²) in [6, 6.07) is 3.24. The van der Waals surface area contributed by atoms with Gasteiger partial charge in [-0.2, -0.15) is 0 Å². The smallest absolute Gasteiger partial charge is 0.241 e. The quantitative estimate of drug-likeness (QED) is 0.719. The van der Waals surface area contributed by atoms with Gasteiger partial charge in [-0.1, -0.05) is 13.8 Å². The summed E-state index contributed by atoms with van der Waals surface area (Å²) in [7, 11) is -2.45. The van der Waals surface area contributed by atoms with Crippen LogP contribution in [0.25, 0.3) is 0 Å². The molecule has 0 heterocycles. The molecule has 5 N–H and O–H groups in total. The van der Waals surface area contributed by atoms with Crippen molar-refractivity contribution < 1.29 is 17.9 Å². The van der Waals surface area contributed by atoms with Crippen molar-refractivity contribution in [3.05, 3.63) is 18.2 Å². The number of primary sulfonamides is 1. The summed E-state index contributed by atoms with van der Waals surface area (Å²) in [5.74, 6) is -0.158. The normalized spacial score (nSPS) is 13.1. The number of benzene rings is 1. The van der Waals surface area contributed by atoms with Gasteiger partial charge in [-0.3, -0.25) is 4.79 Å². The highest BCUT2D eigenvalue weighted by Gasteiger charge is 2.20. The molecule has 7 nitrogen and oxygen atoms in total. The molecular weight excluding hydrogens is 282 g/mol. The molecule has 1 atom stereocenters. The number of rotatable bonds is 5. The Morgan fingerprint density at radius 1 is 1.35 bits per heavy atom. The maximum Gasteiger partial charge on any atom is 0.241 e. The van der Waals surface area contributed by atoms with E-state index < -0.39 is 22.0 Å². The van der Waals surface area contributed by atoms with Gasteiger partial charge in [-0.05, 0) is 24.1 Å². The van der Waals surface area contributed by atoms with E-state index in [0.717, 1.165) is 0 Å². The van der Waals surface area contributed by atoms with E-state index in [9.17, 15) is 13.2 Å². The summed E-state index contributed by atoms with van der Waals surface area (Å²) in [5.41, 5.74) is 5.94. The molecule has 8 heteroatoms. The van der Waals surface area contributed by atoms with E-state index in [-0.39, 0.29) is 16.5 Å². The Labute approximate surface area is 118 Å². The zero-order valence-corrected chi connectivity index (χ0v) is 12.4. The van der Waals surface area contributed by atoms with Crippen LogP contribution in [0.5, 0.6) is 5.75 Å². The molecule has 0 aliphatic heterocycles. The van der Waals surface area contributed by atoms with E-state index >= 15 is 0 Å². The molecule has 1 rings (SSSR count). The molecule has 0 radical (unpaired) electrons. The van der Waals surface area contributed by atoms with E-state index in [4.69, 9.17) is 15.6 Å². The van der Waals surface area contributed by atoms with E-state index in [0.29, 0.717) is 5.75 Å². The molecule has 1 aromatic carbocycles. The van der Waals surface area contributed by atoms with Gasteiger partial charge in [0, 0.05) is 0 Å². The zero-order valence-electron chi connectivity index (χ0n) is 11.6. The van der Waals surface area contributed by atoms with E-state index in [1.165, 1.54) is 25.3 Å². The molecule has 112 valence electrons. The fraction of sp³-hybridized carbons (Fsp3) is 0.417. The lowest BCUT2D eigenvalue weighted by atomic mass is 10.0. The molecule has 0 aromatic heterocycles. The number of methoxy groups -OCH3 is 1. The number of sulfonamides is 1. The molecule has 0 unspecified atom stereocenters. The number of hydrogen-bond acceptors (Lipinski definition) is 5. The Morgan fingerprint density at radius 2 is 1.95 bits per heavy atom. The lowest BCUT2D eigenvalue weighted by Crippen LogP contribution is -2.39. The number of carbonyl (C=O) groups is 1. The lowest BCUT2D eigenvalue weighted by Gasteiger charge is -2.17. The van der Waals surface area contributed by atoms with Gasteiger partial charge in [-0.25, -0.2) is 13.6 Å². The minimum atomic E-state index is -3.86. The van der Waals surface area contributed by atoms with Crippen LogP contribution in [-0.4, -0.2) is 27.5 Å². The van der Waals surface area contributed by atoms with E-state index in [1.54, 1.807) is 0 Å². The third kappa shape index (κ3) is 3.92. The number of amides is 1. The number of carbonyl (C=O) groups excluding carboxylic acids is 1. The molecule has 0 bridgehead atoms. The van der Waals surface area contributed by atoms with Crippen LogP contribution in [0, 0.1) is 5.92 Å². The topological polar surface area (TPSA) is 125 Å². The first-order valence-electron chi connectivity index (χ1n) is 5.94. The molecule has 0 spiro atoms. The van der Waals surface area contributed by atoms with Gasteiger partial charge < -0.3 is 15.8 Å². The second-order valence-corrected chi connectivity index (χ2v) is 6.23. The van der Waals surface area contributed by atoms with Crippen molar-refractivity contribution in [2.24, 2.45) is 16.8 Å². The minimum absolute atomic E-state index is 0.0533. The van der Waals surface area contributed by atoms with Gasteiger partial charge in [0.2, 0.25) is 15.9 Å². The molecule has 0 fully saturated rings. The summed E-state index contributed by atoms with van der Waals surface area (Å²) in [6.07, 6.45) is 0. The predicted molar refractivity (Wildman–Crippen MR) is 75.8 cm³/mol. The van der Waals surface area contributed by atoms with Crippen LogP contribution in [0.4, 0.5) is 5.69 Å². The molecule has 0 saturated heterocycles. The first-order valence-corrected chi connectivity index (χ1v) is 7.48. The van der Waals surface area contributed by atoms with Crippen molar-refractivity contribution in [2.75, 3.05) is 12.4 Å². The van der Waals surface area contributed by atoms with Crippen LogP contribution in [-0.2, 0) is 14.8 Å². The second-order valence-electron chi connectivity index (χ2n) is 4.67. The van der Waals surface area contributed by atoms with Crippen LogP contribution >= 0.6 is 0 Å². The first kappa shape index (κ1) is 16.4. The second kappa shape index (κ2) is 6.21. The van der Waals surface area contributed by atoms with Gasteiger partial charge in [0.1, 0.15) is 5.75 Å². The lowest BCUT2D eigenvalue weighted by molar-refractivity contribution is -0.118. The molecule has 0 aliphatic carbocycles. The highest BCUT2D eigenvalue weighted by atomic mass is 32.2. The van der Waals surface area contributed by atoms with Crippen LogP contribution in [0.3, 0.4) is 0 Å². The zero-order chi connectivity index (χ0) is 15.5. The average molecular weight is 301 g/mol. The van der Waals surface area contributed by atoms with Gasteiger partial charge in [0.15, 0.2) is 0 Å². The Balaban J connectivity index is 3.13. The maximum absolute atomic E-state index is 11.9. The summed E-state index contributed by atoms with van der Waals surface area (Å²) < 4.78 is 27.7. The van der Waals surface area contributed by atoms with Gasteiger partial charge >= 0.3 is 0 Å². The summed E-state index contributed by atoms with van der Waals surface area (Å²) >= 11 is 0. The van der Waals surface area contributed by atoms with Gasteiger partial charge in [0.25, 0.3) is 0 Å². The number of nitrogens with two attached hydrogens (primary N) is 2. The molecule has 1 aromatic rings. The highest BCUT2D eigenvalue weighted by molar-refractivity contribution is 7.89. The van der Waals surface area contributed by atoms with Crippen molar-refractivity contribution in [3.63, 3.8) is 0 Å². The Bertz CT molecular complexity index is 599. The first-order chi connectivity index (χ1) is 9.16. The van der Waals surface area contributed by atoms with Crippen molar-refractivity contribution in [3.8, 4) is 5.75 Å². The van der Waals surface area contributed by atoms with Crippen LogP contribution in [0.1, 0.15) is 13.8 Å². The van der Waals surface area contributed by atoms with Crippen LogP contribution in [0.2, 0.25) is 0 Å². The predicted octanol–water partition coefficient (Wildman–Crippen LogP) is 0.264. The molecule has 20 heavy (non-hydrogen) atoms. The van der Waals surface area contributed by atoms with Gasteiger partial charge in [-0.15, -0.1) is 0 Å². The van der Waals surface area contributed by atoms with E-state index in [1.807, 2.05) is 13.8 Å². The third-order valence-corrected chi connectivity index (χ3v) is 3.69. The Kier molecular flexibility index (Phi) is 5.09. The molecular formula is C12H19N3O4S. The SMILES string of the molecule is COc1ccc(S(N)(=O)=O)cc1NC(=O)[C@@H](N)C(C)C. The Hall–Kier alpha value is -1.64. The third-order valence-electron chi connectivity index (χ3n) is 2.78.